The quantitative estimate of drug-likeness (QED) is 0.221. The minimum absolute atomic E-state index is 1.02. The zero-order chi connectivity index (χ0) is 24.0. The van der Waals surface area contributed by atoms with Crippen molar-refractivity contribution in [2.45, 2.75) is 9.79 Å². The maximum atomic E-state index is 2.48. The molecule has 0 N–H and O–H groups in total. The van der Waals surface area contributed by atoms with Crippen LogP contribution in [0.15, 0.2) is 125 Å². The summed E-state index contributed by atoms with van der Waals surface area (Å²) in [4.78, 5) is 3.01. The van der Waals surface area contributed by atoms with Gasteiger partial charge in [0.2, 0.25) is 0 Å². The molecule has 8 rings (SSSR count). The number of hydrogen-bond donors (Lipinski definition) is 0. The number of benzene rings is 6. The van der Waals surface area contributed by atoms with Crippen molar-refractivity contribution >= 4 is 53.4 Å². The number of hydrogen-bond acceptors (Lipinski definition) is 0. The fourth-order valence-corrected chi connectivity index (χ4v) is 8.82. The molecule has 2 heterocycles. The average Bonchev–Trinajstić information content (AvgIpc) is 3.37. The first-order valence-corrected chi connectivity index (χ1v) is 14.9. The van der Waals surface area contributed by atoms with Crippen LogP contribution in [0, 0.1) is 0 Å². The maximum absolute atomic E-state index is 2.48. The summed E-state index contributed by atoms with van der Waals surface area (Å²) in [5.41, 5.74) is 6.54. The van der Waals surface area contributed by atoms with Gasteiger partial charge in [-0.15, -0.1) is 0 Å². The van der Waals surface area contributed by atoms with Crippen LogP contribution in [0.1, 0.15) is 0 Å². The van der Waals surface area contributed by atoms with Crippen molar-refractivity contribution in [3.05, 3.63) is 115 Å². The average molecular weight is 480 g/mol. The number of rotatable bonds is 1. The Morgan fingerprint density at radius 3 is 2.17 bits per heavy atom. The van der Waals surface area contributed by atoms with Crippen LogP contribution in [0.2, 0.25) is 0 Å². The maximum Gasteiger partial charge on any atom is 0.0547 e. The third kappa shape index (κ3) is 2.57. The smallest absolute Gasteiger partial charge is 0.0547 e. The fourth-order valence-electron chi connectivity index (χ4n) is 6.30. The standard InChI is InChI=1S/C34H25NS/c1-36(2)32-14-8-6-11-26(32)29-21-28-24(20-33(29)36)16-18-31-34(28)27-12-5-7-13-30(27)35(31)25-17-15-22-9-3-4-10-23(22)19-25/h3-21H,1-2H3. The third-order valence-corrected chi connectivity index (χ3v) is 10.9. The van der Waals surface area contributed by atoms with E-state index in [-0.39, 0.29) is 0 Å². The van der Waals surface area contributed by atoms with E-state index in [9.17, 15) is 0 Å². The molecule has 0 saturated heterocycles. The Kier molecular flexibility index (Phi) is 3.94. The third-order valence-electron chi connectivity index (χ3n) is 8.02. The lowest BCUT2D eigenvalue weighted by Crippen LogP contribution is -1.94. The van der Waals surface area contributed by atoms with Gasteiger partial charge >= 0.3 is 0 Å². The molecule has 0 bridgehead atoms. The first-order valence-electron chi connectivity index (χ1n) is 12.4. The van der Waals surface area contributed by atoms with Crippen LogP contribution < -0.4 is 0 Å². The van der Waals surface area contributed by atoms with E-state index in [1.54, 1.807) is 0 Å². The molecule has 6 aromatic carbocycles. The van der Waals surface area contributed by atoms with E-state index in [1.165, 1.54) is 70.0 Å². The molecular formula is C34H25NS. The highest BCUT2D eigenvalue weighted by Crippen LogP contribution is 2.67. The Morgan fingerprint density at radius 2 is 1.25 bits per heavy atom. The summed E-state index contributed by atoms with van der Waals surface area (Å²) < 4.78 is 2.44. The minimum atomic E-state index is -1.02. The van der Waals surface area contributed by atoms with E-state index in [4.69, 9.17) is 0 Å². The molecule has 1 aromatic heterocycles. The molecule has 2 heteroatoms. The highest BCUT2D eigenvalue weighted by atomic mass is 32.3. The van der Waals surface area contributed by atoms with Gasteiger partial charge in [0.25, 0.3) is 0 Å². The van der Waals surface area contributed by atoms with Gasteiger partial charge in [-0.05, 0) is 87.6 Å². The van der Waals surface area contributed by atoms with Gasteiger partial charge in [-0.3, -0.25) is 0 Å². The molecule has 1 aliphatic rings. The number of nitrogens with zero attached hydrogens (tertiary/aromatic N) is 1. The molecular weight excluding hydrogens is 454 g/mol. The van der Waals surface area contributed by atoms with Gasteiger partial charge in [0.1, 0.15) is 0 Å². The molecule has 0 aliphatic carbocycles. The summed E-state index contributed by atoms with van der Waals surface area (Å²) in [5.74, 6) is 0. The van der Waals surface area contributed by atoms with Gasteiger partial charge in [0.05, 0.1) is 11.0 Å². The molecule has 0 saturated carbocycles. The molecule has 0 radical (unpaired) electrons. The Hall–Kier alpha value is -4.01. The van der Waals surface area contributed by atoms with Gasteiger partial charge in [-0.2, -0.15) is 10.0 Å². The van der Waals surface area contributed by atoms with Crippen molar-refractivity contribution in [1.82, 2.24) is 4.57 Å². The second-order valence-electron chi connectivity index (χ2n) is 10.2. The van der Waals surface area contributed by atoms with Crippen LogP contribution in [0.3, 0.4) is 0 Å². The molecule has 1 nitrogen and oxygen atoms in total. The first-order chi connectivity index (χ1) is 17.6. The topological polar surface area (TPSA) is 4.93 Å². The molecule has 0 atom stereocenters. The van der Waals surface area contributed by atoms with E-state index >= 15 is 0 Å². The van der Waals surface area contributed by atoms with Crippen molar-refractivity contribution < 1.29 is 0 Å². The molecule has 1 aliphatic heterocycles. The van der Waals surface area contributed by atoms with E-state index < -0.39 is 10.0 Å². The normalized spacial score (nSPS) is 14.9. The van der Waals surface area contributed by atoms with Crippen molar-refractivity contribution in [2.24, 2.45) is 0 Å². The summed E-state index contributed by atoms with van der Waals surface area (Å²) in [6.45, 7) is 0. The van der Waals surface area contributed by atoms with Crippen molar-refractivity contribution in [1.29, 1.82) is 0 Å². The molecule has 0 unspecified atom stereocenters. The molecule has 0 amide bonds. The van der Waals surface area contributed by atoms with Crippen molar-refractivity contribution in [3.63, 3.8) is 0 Å². The van der Waals surface area contributed by atoms with Crippen LogP contribution in [-0.2, 0) is 0 Å². The molecule has 172 valence electrons. The second-order valence-corrected chi connectivity index (χ2v) is 13.8. The highest BCUT2D eigenvalue weighted by Gasteiger charge is 2.32. The molecule has 0 fully saturated rings. The predicted octanol–water partition coefficient (Wildman–Crippen LogP) is 9.55. The summed E-state index contributed by atoms with van der Waals surface area (Å²) >= 11 is 0. The van der Waals surface area contributed by atoms with E-state index in [0.717, 1.165) is 0 Å². The van der Waals surface area contributed by atoms with Crippen molar-refractivity contribution in [2.75, 3.05) is 12.5 Å². The SMILES string of the molecule is CS1(C)c2ccccc2-c2cc3c(ccc4c3c3ccccc3n4-c3ccc4ccccc4c3)cc21. The lowest BCUT2D eigenvalue weighted by atomic mass is 9.98. The Labute approximate surface area is 211 Å². The Morgan fingerprint density at radius 1 is 0.500 bits per heavy atom. The zero-order valence-electron chi connectivity index (χ0n) is 20.3. The fraction of sp³-hybridized carbons (Fsp3) is 0.0588. The Balaban J connectivity index is 1.50. The van der Waals surface area contributed by atoms with Gasteiger partial charge in [-0.1, -0.05) is 72.8 Å². The summed E-state index contributed by atoms with van der Waals surface area (Å²) in [6.07, 6.45) is 4.88. The summed E-state index contributed by atoms with van der Waals surface area (Å²) in [5, 5.41) is 7.86. The minimum Gasteiger partial charge on any atom is -0.309 e. The highest BCUT2D eigenvalue weighted by molar-refractivity contribution is 8.33. The van der Waals surface area contributed by atoms with Crippen LogP contribution in [-0.4, -0.2) is 17.1 Å². The van der Waals surface area contributed by atoms with Gasteiger partial charge in [-0.25, -0.2) is 0 Å². The summed E-state index contributed by atoms with van der Waals surface area (Å²) in [7, 11) is -1.02. The lowest BCUT2D eigenvalue weighted by Gasteiger charge is -2.28. The van der Waals surface area contributed by atoms with Gasteiger partial charge in [0.15, 0.2) is 0 Å². The molecule has 7 aromatic rings. The van der Waals surface area contributed by atoms with E-state index in [1.807, 2.05) is 0 Å². The Bertz CT molecular complexity index is 2030. The number of aromatic nitrogens is 1. The lowest BCUT2D eigenvalue weighted by molar-refractivity contribution is 1.19. The largest absolute Gasteiger partial charge is 0.309 e. The first kappa shape index (κ1) is 20.2. The van der Waals surface area contributed by atoms with E-state index in [2.05, 4.69) is 132 Å². The van der Waals surface area contributed by atoms with Crippen LogP contribution in [0.5, 0.6) is 0 Å². The summed E-state index contributed by atoms with van der Waals surface area (Å²) in [6, 6.07) is 42.9. The van der Waals surface area contributed by atoms with Crippen LogP contribution >= 0.6 is 10.0 Å². The monoisotopic (exact) mass is 479 g/mol. The number of fused-ring (bicyclic) bond motifs is 9. The molecule has 0 spiro atoms. The van der Waals surface area contributed by atoms with Crippen LogP contribution in [0.25, 0.3) is 60.2 Å². The predicted molar refractivity (Wildman–Crippen MR) is 157 cm³/mol. The van der Waals surface area contributed by atoms with E-state index in [0.29, 0.717) is 0 Å². The second kappa shape index (κ2) is 7.02. The molecule has 36 heavy (non-hydrogen) atoms. The van der Waals surface area contributed by atoms with Gasteiger partial charge in [0, 0.05) is 26.3 Å². The zero-order valence-corrected chi connectivity index (χ0v) is 21.1. The number of para-hydroxylation sites is 1. The van der Waals surface area contributed by atoms with Crippen LogP contribution in [0.4, 0.5) is 0 Å². The van der Waals surface area contributed by atoms with Gasteiger partial charge < -0.3 is 4.57 Å². The van der Waals surface area contributed by atoms with Crippen molar-refractivity contribution in [3.8, 4) is 16.8 Å².